The highest BCUT2D eigenvalue weighted by molar-refractivity contribution is 7.86. The number of rotatable bonds is 3. The van der Waals surface area contributed by atoms with Crippen LogP contribution >= 0.6 is 0 Å². The lowest BCUT2D eigenvalue weighted by Crippen LogP contribution is -2.53. The average molecular weight is 431 g/mol. The molecular formula is C22H27FN4O2S. The van der Waals surface area contributed by atoms with Crippen LogP contribution in [-0.4, -0.2) is 53.0 Å². The third kappa shape index (κ3) is 3.31. The van der Waals surface area contributed by atoms with E-state index in [9.17, 15) is 12.8 Å². The van der Waals surface area contributed by atoms with E-state index in [1.807, 2.05) is 10.9 Å². The second-order valence-corrected chi connectivity index (χ2v) is 10.8. The van der Waals surface area contributed by atoms with E-state index in [1.54, 1.807) is 20.7 Å². The van der Waals surface area contributed by atoms with E-state index in [2.05, 4.69) is 18.1 Å². The smallest absolute Gasteiger partial charge is 0.233 e. The van der Waals surface area contributed by atoms with Crippen LogP contribution in [-0.2, 0) is 16.6 Å². The van der Waals surface area contributed by atoms with Crippen LogP contribution in [0.25, 0.3) is 11.8 Å². The van der Waals surface area contributed by atoms with E-state index < -0.39 is 10.2 Å². The minimum absolute atomic E-state index is 0.231. The van der Waals surface area contributed by atoms with Crippen molar-refractivity contribution < 1.29 is 12.8 Å². The average Bonchev–Trinajstić information content (AvgIpc) is 3.14. The predicted molar refractivity (Wildman–Crippen MR) is 114 cm³/mol. The molecule has 1 aromatic heterocycles. The Hall–Kier alpha value is -2.03. The van der Waals surface area contributed by atoms with Crippen molar-refractivity contribution in [2.75, 3.05) is 26.2 Å². The van der Waals surface area contributed by atoms with E-state index in [0.29, 0.717) is 26.2 Å². The number of hydrogen-bond donors (Lipinski definition) is 0. The zero-order valence-corrected chi connectivity index (χ0v) is 18.0. The highest BCUT2D eigenvalue weighted by Gasteiger charge is 2.44. The van der Waals surface area contributed by atoms with Crippen molar-refractivity contribution in [3.63, 3.8) is 0 Å². The molecule has 1 unspecified atom stereocenters. The molecule has 0 saturated carbocycles. The summed E-state index contributed by atoms with van der Waals surface area (Å²) in [6, 6.07) is 6.33. The first-order valence-electron chi connectivity index (χ1n) is 10.7. The van der Waals surface area contributed by atoms with Gasteiger partial charge in [0.25, 0.3) is 10.2 Å². The van der Waals surface area contributed by atoms with Gasteiger partial charge < -0.3 is 0 Å². The van der Waals surface area contributed by atoms with E-state index >= 15 is 0 Å². The second-order valence-electron chi connectivity index (χ2n) is 8.90. The Kier molecular flexibility index (Phi) is 4.83. The fraction of sp³-hybridized carbons (Fsp3) is 0.500. The number of halogens is 1. The molecule has 2 aliphatic heterocycles. The van der Waals surface area contributed by atoms with Crippen LogP contribution < -0.4 is 0 Å². The number of hydrogen-bond acceptors (Lipinski definition) is 3. The molecule has 5 rings (SSSR count). The quantitative estimate of drug-likeness (QED) is 0.750. The lowest BCUT2D eigenvalue weighted by atomic mass is 9.70. The van der Waals surface area contributed by atoms with Crippen LogP contribution in [0.2, 0.25) is 0 Å². The lowest BCUT2D eigenvalue weighted by molar-refractivity contribution is 0.213. The first-order valence-corrected chi connectivity index (χ1v) is 12.1. The molecule has 160 valence electrons. The number of nitrogens with zero attached hydrogens (tertiary/aromatic N) is 4. The molecule has 0 amide bonds. The fourth-order valence-corrected chi connectivity index (χ4v) is 6.86. The van der Waals surface area contributed by atoms with Gasteiger partial charge in [0, 0.05) is 31.6 Å². The molecule has 2 saturated heterocycles. The minimum atomic E-state index is -3.41. The highest BCUT2D eigenvalue weighted by Crippen LogP contribution is 2.44. The van der Waals surface area contributed by atoms with Gasteiger partial charge in [-0.05, 0) is 61.6 Å². The zero-order valence-electron chi connectivity index (χ0n) is 17.2. The number of aromatic nitrogens is 2. The Balaban J connectivity index is 1.42. The van der Waals surface area contributed by atoms with Gasteiger partial charge >= 0.3 is 0 Å². The van der Waals surface area contributed by atoms with Gasteiger partial charge in [0.05, 0.1) is 17.6 Å². The third-order valence-electron chi connectivity index (χ3n) is 6.75. The summed E-state index contributed by atoms with van der Waals surface area (Å²) in [7, 11) is -3.41. The first kappa shape index (κ1) is 19.9. The predicted octanol–water partition coefficient (Wildman–Crippen LogP) is 3.39. The van der Waals surface area contributed by atoms with Crippen LogP contribution in [0.15, 0.2) is 36.0 Å². The summed E-state index contributed by atoms with van der Waals surface area (Å²) in [5, 5.41) is 4.54. The molecule has 2 fully saturated rings. The largest absolute Gasteiger partial charge is 0.282 e. The first-order chi connectivity index (χ1) is 14.4. The molecule has 8 heteroatoms. The Morgan fingerprint density at radius 3 is 2.50 bits per heavy atom. The van der Waals surface area contributed by atoms with Gasteiger partial charge in [-0.1, -0.05) is 18.9 Å². The van der Waals surface area contributed by atoms with Crippen LogP contribution in [0.3, 0.4) is 0 Å². The van der Waals surface area contributed by atoms with Crippen molar-refractivity contribution in [2.24, 2.45) is 5.41 Å². The summed E-state index contributed by atoms with van der Waals surface area (Å²) in [4.78, 5) is 0. The van der Waals surface area contributed by atoms with Gasteiger partial charge in [-0.2, -0.15) is 22.1 Å². The molecule has 30 heavy (non-hydrogen) atoms. The van der Waals surface area contributed by atoms with Crippen LogP contribution in [0.4, 0.5) is 4.39 Å². The molecule has 0 N–H and O–H groups in total. The van der Waals surface area contributed by atoms with Gasteiger partial charge in [-0.3, -0.25) is 0 Å². The Morgan fingerprint density at radius 1 is 1.03 bits per heavy atom. The van der Waals surface area contributed by atoms with Gasteiger partial charge in [0.2, 0.25) is 0 Å². The molecule has 3 aliphatic rings. The summed E-state index contributed by atoms with van der Waals surface area (Å²) >= 11 is 0. The van der Waals surface area contributed by atoms with Crippen LogP contribution in [0, 0.1) is 11.2 Å². The van der Waals surface area contributed by atoms with Crippen molar-refractivity contribution in [3.05, 3.63) is 53.1 Å². The fourth-order valence-electron chi connectivity index (χ4n) is 5.04. The van der Waals surface area contributed by atoms with E-state index in [-0.39, 0.29) is 11.2 Å². The van der Waals surface area contributed by atoms with Crippen molar-refractivity contribution in [3.8, 4) is 5.69 Å². The van der Waals surface area contributed by atoms with E-state index in [1.165, 1.54) is 17.7 Å². The molecular weight excluding hydrogens is 403 g/mol. The monoisotopic (exact) mass is 430 g/mol. The summed E-state index contributed by atoms with van der Waals surface area (Å²) in [6.45, 7) is 4.44. The SMILES string of the molecule is CC12Cc3cnn(-c4ccc(F)cc4)c3C=C1CCN(S(=O)(=O)N1CCCCC1)C2. The maximum atomic E-state index is 13.3. The maximum absolute atomic E-state index is 13.3. The maximum Gasteiger partial charge on any atom is 0.282 e. The van der Waals surface area contributed by atoms with Crippen molar-refractivity contribution in [2.45, 2.75) is 39.0 Å². The van der Waals surface area contributed by atoms with Crippen LogP contribution in [0.1, 0.15) is 43.9 Å². The van der Waals surface area contributed by atoms with Gasteiger partial charge in [-0.25, -0.2) is 9.07 Å². The normalized spacial score (nSPS) is 25.5. The number of benzene rings is 1. The number of piperidine rings is 2. The molecule has 0 radical (unpaired) electrons. The van der Waals surface area contributed by atoms with Crippen molar-refractivity contribution in [1.82, 2.24) is 18.4 Å². The standard InChI is InChI=1S/C22H27FN4O2S/c1-22-14-17-15-24-27(20-7-5-19(23)6-8-20)21(17)13-18(22)9-12-26(16-22)30(28,29)25-10-3-2-4-11-25/h5-8,13,15H,2-4,9-12,14,16H2,1H3. The summed E-state index contributed by atoms with van der Waals surface area (Å²) in [5.41, 5.74) is 3.97. The van der Waals surface area contributed by atoms with Crippen LogP contribution in [0.5, 0.6) is 0 Å². The van der Waals surface area contributed by atoms with E-state index in [0.717, 1.165) is 49.0 Å². The topological polar surface area (TPSA) is 58.4 Å². The Morgan fingerprint density at radius 2 is 1.77 bits per heavy atom. The molecule has 1 aliphatic carbocycles. The molecule has 1 atom stereocenters. The minimum Gasteiger partial charge on any atom is -0.233 e. The van der Waals surface area contributed by atoms with Gasteiger partial charge in [-0.15, -0.1) is 0 Å². The third-order valence-corrected chi connectivity index (χ3v) is 8.73. The van der Waals surface area contributed by atoms with E-state index in [4.69, 9.17) is 0 Å². The van der Waals surface area contributed by atoms with Crippen molar-refractivity contribution in [1.29, 1.82) is 0 Å². The van der Waals surface area contributed by atoms with Crippen molar-refractivity contribution >= 4 is 16.3 Å². The highest BCUT2D eigenvalue weighted by atomic mass is 32.2. The summed E-state index contributed by atoms with van der Waals surface area (Å²) in [6.07, 6.45) is 8.49. The molecule has 0 bridgehead atoms. The summed E-state index contributed by atoms with van der Waals surface area (Å²) in [5.74, 6) is -0.270. The zero-order chi connectivity index (χ0) is 20.9. The molecule has 0 spiro atoms. The Bertz CT molecular complexity index is 1090. The number of fused-ring (bicyclic) bond motifs is 2. The second kappa shape index (κ2) is 7.28. The Labute approximate surface area is 177 Å². The molecule has 3 heterocycles. The summed E-state index contributed by atoms with van der Waals surface area (Å²) < 4.78 is 44.9. The van der Waals surface area contributed by atoms with Gasteiger partial charge in [0.1, 0.15) is 5.82 Å². The molecule has 6 nitrogen and oxygen atoms in total. The van der Waals surface area contributed by atoms with Gasteiger partial charge in [0.15, 0.2) is 0 Å². The lowest BCUT2D eigenvalue weighted by Gasteiger charge is -2.45. The molecule has 2 aromatic rings. The molecule has 1 aromatic carbocycles.